The van der Waals surface area contributed by atoms with Crippen LogP contribution < -0.4 is 16.4 Å². The van der Waals surface area contributed by atoms with Gasteiger partial charge in [-0.05, 0) is 41.6 Å². The Morgan fingerprint density at radius 3 is 1.30 bits per heavy atom. The molecule has 50 heavy (non-hydrogen) atoms. The summed E-state index contributed by atoms with van der Waals surface area (Å²) in [6.45, 7) is 1.89. The van der Waals surface area contributed by atoms with E-state index in [9.17, 15) is 9.59 Å². The highest BCUT2D eigenvalue weighted by Crippen LogP contribution is 2.34. The van der Waals surface area contributed by atoms with Gasteiger partial charge < -0.3 is 25.8 Å². The van der Waals surface area contributed by atoms with Gasteiger partial charge in [-0.25, -0.2) is 14.5 Å². The molecule has 0 radical (unpaired) electrons. The second-order valence-electron chi connectivity index (χ2n) is 13.5. The topological polar surface area (TPSA) is 106 Å². The number of carbonyl (C=O) groups excluding carboxylic acids is 2. The van der Waals surface area contributed by atoms with Crippen LogP contribution in [0.5, 0.6) is 0 Å². The maximum absolute atomic E-state index is 13.7. The molecule has 2 aliphatic heterocycles. The predicted octanol–water partition coefficient (Wildman–Crippen LogP) is 7.21. The van der Waals surface area contributed by atoms with Gasteiger partial charge >= 0.3 is 12.2 Å². The van der Waals surface area contributed by atoms with E-state index in [-0.39, 0.29) is 42.7 Å². The normalized spacial score (nSPS) is 20.2. The molecule has 0 spiro atoms. The molecule has 3 unspecified atom stereocenters. The molecule has 4 N–H and O–H groups in total. The first-order valence-electron chi connectivity index (χ1n) is 18.2. The summed E-state index contributed by atoms with van der Waals surface area (Å²) in [4.78, 5) is 28.6. The van der Waals surface area contributed by atoms with E-state index in [0.717, 1.165) is 19.3 Å². The van der Waals surface area contributed by atoms with Crippen LogP contribution >= 0.6 is 0 Å². The summed E-state index contributed by atoms with van der Waals surface area (Å²) in [6, 6.07) is 41.8. The van der Waals surface area contributed by atoms with Crippen LogP contribution in [0.1, 0.15) is 72.6 Å². The van der Waals surface area contributed by atoms with Gasteiger partial charge in [0.25, 0.3) is 0 Å². The molecule has 4 aromatic carbocycles. The number of amides is 2. The van der Waals surface area contributed by atoms with Crippen molar-refractivity contribution in [2.45, 2.75) is 74.7 Å². The Labute approximate surface area is 296 Å². The lowest BCUT2D eigenvalue weighted by molar-refractivity contribution is 0.0432. The average Bonchev–Trinajstić information content (AvgIpc) is 3.81. The molecular formula is C42H50N4O4. The summed E-state index contributed by atoms with van der Waals surface area (Å²) < 4.78 is 12.1. The zero-order chi connectivity index (χ0) is 34.5. The molecule has 4 atom stereocenters. The molecule has 2 saturated heterocycles. The Balaban J connectivity index is 1.11. The van der Waals surface area contributed by atoms with Crippen LogP contribution in [0.25, 0.3) is 0 Å². The van der Waals surface area contributed by atoms with E-state index >= 15 is 0 Å². The van der Waals surface area contributed by atoms with Crippen molar-refractivity contribution in [3.05, 3.63) is 144 Å². The Bertz CT molecular complexity index is 1410. The average molecular weight is 675 g/mol. The number of nitrogens with two attached hydrogens (primary N) is 1. The van der Waals surface area contributed by atoms with Gasteiger partial charge in [0, 0.05) is 56.4 Å². The van der Waals surface area contributed by atoms with Gasteiger partial charge in [0.2, 0.25) is 0 Å². The maximum atomic E-state index is 13.7. The van der Waals surface area contributed by atoms with Crippen LogP contribution in [0.3, 0.4) is 0 Å². The first-order valence-corrected chi connectivity index (χ1v) is 18.2. The van der Waals surface area contributed by atoms with Crippen LogP contribution in [-0.2, 0) is 9.47 Å². The molecule has 262 valence electrons. The summed E-state index contributed by atoms with van der Waals surface area (Å²) in [6.07, 6.45) is 2.61. The smallest absolute Gasteiger partial charge is 0.419 e. The second-order valence-corrected chi connectivity index (χ2v) is 13.5. The van der Waals surface area contributed by atoms with Crippen molar-refractivity contribution in [1.29, 1.82) is 0 Å². The van der Waals surface area contributed by atoms with E-state index in [1.54, 1.807) is 0 Å². The first kappa shape index (κ1) is 35.3. The minimum atomic E-state index is -0.647. The Morgan fingerprint density at radius 1 is 0.580 bits per heavy atom. The molecule has 2 aliphatic rings. The molecule has 4 aromatic rings. The number of carbonyl (C=O) groups is 2. The molecule has 2 heterocycles. The van der Waals surface area contributed by atoms with Gasteiger partial charge in [0.15, 0.2) is 0 Å². The van der Waals surface area contributed by atoms with Crippen molar-refractivity contribution in [3.8, 4) is 0 Å². The van der Waals surface area contributed by atoms with Gasteiger partial charge in [-0.1, -0.05) is 134 Å². The van der Waals surface area contributed by atoms with Gasteiger partial charge in [-0.3, -0.25) is 0 Å². The van der Waals surface area contributed by atoms with Crippen LogP contribution in [0.15, 0.2) is 121 Å². The van der Waals surface area contributed by atoms with Crippen LogP contribution in [0, 0.1) is 0 Å². The summed E-state index contributed by atoms with van der Waals surface area (Å²) in [5.74, 6) is 0.200. The van der Waals surface area contributed by atoms with Gasteiger partial charge in [0.1, 0.15) is 12.2 Å². The summed E-state index contributed by atoms with van der Waals surface area (Å²) in [5.41, 5.74) is 10.5. The summed E-state index contributed by atoms with van der Waals surface area (Å²) in [5, 5.41) is 7.23. The third-order valence-electron chi connectivity index (χ3n) is 10.0. The van der Waals surface area contributed by atoms with Crippen molar-refractivity contribution in [1.82, 2.24) is 15.5 Å². The standard InChI is InChI=1S/C42H50N4O4/c43-25-15-1-2-16-26-46(41(47)49-35-27-37(44-29-35)39(31-17-7-3-8-18-31)32-19-9-4-10-20-32)42(48)50-36-28-38(45-30-36)40(33-21-11-5-12-22-33)34-23-13-6-14-24-34/h3-14,17-24,35-40,44-45H,1-2,15-16,25-30,43H2/t35-,36?,37?,38?/m1/s1. The number of benzene rings is 4. The zero-order valence-electron chi connectivity index (χ0n) is 28.7. The SMILES string of the molecule is NCCCCCCN(C(=O)OC1CNC(C(c2ccccc2)c2ccccc2)C1)C(=O)O[C@H]1CNC(C(c2ccccc2)c2ccccc2)C1. The van der Waals surface area contributed by atoms with E-state index in [1.807, 2.05) is 24.3 Å². The fraction of sp³-hybridized carbons (Fsp3) is 0.381. The summed E-state index contributed by atoms with van der Waals surface area (Å²) >= 11 is 0. The predicted molar refractivity (Wildman–Crippen MR) is 197 cm³/mol. The number of nitrogens with zero attached hydrogens (tertiary/aromatic N) is 1. The van der Waals surface area contributed by atoms with E-state index in [4.69, 9.17) is 15.2 Å². The molecule has 6 rings (SSSR count). The zero-order valence-corrected chi connectivity index (χ0v) is 28.7. The van der Waals surface area contributed by atoms with Crippen LogP contribution in [0.4, 0.5) is 9.59 Å². The minimum absolute atomic E-state index is 0.0675. The lowest BCUT2D eigenvalue weighted by Gasteiger charge is -2.26. The number of nitrogens with one attached hydrogen (secondary N) is 2. The fourth-order valence-electron chi connectivity index (χ4n) is 7.55. The summed E-state index contributed by atoms with van der Waals surface area (Å²) in [7, 11) is 0. The quantitative estimate of drug-likeness (QED) is 0.122. The highest BCUT2D eigenvalue weighted by Gasteiger charge is 2.38. The van der Waals surface area contributed by atoms with Crippen LogP contribution in [-0.4, -0.2) is 67.6 Å². The van der Waals surface area contributed by atoms with Crippen molar-refractivity contribution >= 4 is 12.2 Å². The lowest BCUT2D eigenvalue weighted by Crippen LogP contribution is -2.42. The highest BCUT2D eigenvalue weighted by molar-refractivity contribution is 5.88. The van der Waals surface area contributed by atoms with Crippen molar-refractivity contribution in [2.24, 2.45) is 5.73 Å². The van der Waals surface area contributed by atoms with Gasteiger partial charge in [-0.2, -0.15) is 0 Å². The fourth-order valence-corrected chi connectivity index (χ4v) is 7.55. The van der Waals surface area contributed by atoms with E-state index in [2.05, 4.69) is 108 Å². The highest BCUT2D eigenvalue weighted by atomic mass is 16.6. The Morgan fingerprint density at radius 2 is 0.940 bits per heavy atom. The largest absolute Gasteiger partial charge is 0.444 e. The van der Waals surface area contributed by atoms with Crippen molar-refractivity contribution in [2.75, 3.05) is 26.2 Å². The van der Waals surface area contributed by atoms with E-state index in [1.165, 1.54) is 27.2 Å². The minimum Gasteiger partial charge on any atom is -0.444 e. The van der Waals surface area contributed by atoms with Crippen molar-refractivity contribution < 1.29 is 19.1 Å². The third-order valence-corrected chi connectivity index (χ3v) is 10.0. The molecule has 0 saturated carbocycles. The van der Waals surface area contributed by atoms with Gasteiger partial charge in [-0.15, -0.1) is 0 Å². The van der Waals surface area contributed by atoms with Crippen molar-refractivity contribution in [3.63, 3.8) is 0 Å². The Hall–Kier alpha value is -4.50. The first-order chi connectivity index (χ1) is 24.6. The Kier molecular flexibility index (Phi) is 12.7. The molecule has 8 nitrogen and oxygen atoms in total. The third kappa shape index (κ3) is 9.18. The number of hydrogen-bond acceptors (Lipinski definition) is 7. The number of imide groups is 1. The van der Waals surface area contributed by atoms with E-state index < -0.39 is 12.2 Å². The lowest BCUT2D eigenvalue weighted by atomic mass is 9.84. The monoisotopic (exact) mass is 674 g/mol. The van der Waals surface area contributed by atoms with Gasteiger partial charge in [0.05, 0.1) is 0 Å². The number of ether oxygens (including phenoxy) is 2. The second kappa shape index (κ2) is 17.9. The molecule has 0 aliphatic carbocycles. The molecular weight excluding hydrogens is 624 g/mol. The maximum Gasteiger partial charge on any atom is 0.419 e. The van der Waals surface area contributed by atoms with E-state index in [0.29, 0.717) is 38.9 Å². The van der Waals surface area contributed by atoms with Crippen LogP contribution in [0.2, 0.25) is 0 Å². The number of unbranched alkanes of at least 4 members (excludes halogenated alkanes) is 3. The molecule has 2 amide bonds. The number of rotatable bonds is 14. The molecule has 2 fully saturated rings. The molecule has 0 bridgehead atoms. The molecule has 0 aromatic heterocycles. The molecule has 8 heteroatoms. The number of hydrogen-bond donors (Lipinski definition) is 3.